The Kier molecular flexibility index (Phi) is 3.79. The highest BCUT2D eigenvalue weighted by Crippen LogP contribution is 2.12. The molecule has 7 heteroatoms. The van der Waals surface area contributed by atoms with Gasteiger partial charge < -0.3 is 5.32 Å². The zero-order valence-electron chi connectivity index (χ0n) is 11.4. The first-order chi connectivity index (χ1) is 10.2. The van der Waals surface area contributed by atoms with Crippen molar-refractivity contribution in [1.82, 2.24) is 24.7 Å². The Morgan fingerprint density at radius 1 is 1.14 bits per heavy atom. The van der Waals surface area contributed by atoms with E-state index in [4.69, 9.17) is 11.6 Å². The van der Waals surface area contributed by atoms with E-state index in [1.165, 1.54) is 15.8 Å². The number of aromatic nitrogens is 5. The average Bonchev–Trinajstić information content (AvgIpc) is 3.00. The molecule has 3 aromatic rings. The van der Waals surface area contributed by atoms with Gasteiger partial charge in [-0.3, -0.25) is 0 Å². The Balaban J connectivity index is 1.81. The number of hydrogen-bond acceptors (Lipinski definition) is 5. The number of halogens is 1. The fourth-order valence-corrected chi connectivity index (χ4v) is 2.05. The molecular weight excluding hydrogens is 288 g/mol. The minimum Gasteiger partial charge on any atom is -0.350 e. The van der Waals surface area contributed by atoms with Crippen molar-refractivity contribution >= 4 is 17.5 Å². The van der Waals surface area contributed by atoms with Crippen LogP contribution in [-0.4, -0.2) is 24.7 Å². The number of hydrogen-bond donors (Lipinski definition) is 1. The van der Waals surface area contributed by atoms with E-state index in [0.29, 0.717) is 18.4 Å². The summed E-state index contributed by atoms with van der Waals surface area (Å²) >= 11 is 5.94. The molecule has 2 heterocycles. The molecule has 106 valence electrons. The molecule has 1 N–H and O–H groups in total. The molecule has 0 fully saturated rings. The molecule has 0 aliphatic carbocycles. The second-order valence-electron chi connectivity index (χ2n) is 4.46. The van der Waals surface area contributed by atoms with Crippen LogP contribution in [0.15, 0.2) is 42.7 Å². The molecule has 0 saturated carbocycles. The van der Waals surface area contributed by atoms with Crippen LogP contribution >= 0.6 is 11.6 Å². The van der Waals surface area contributed by atoms with Gasteiger partial charge in [0.05, 0.1) is 0 Å². The lowest BCUT2D eigenvalue weighted by atomic mass is 10.1. The van der Waals surface area contributed by atoms with Crippen molar-refractivity contribution in [2.24, 2.45) is 0 Å². The minimum absolute atomic E-state index is 0.128. The number of benzene rings is 1. The normalized spacial score (nSPS) is 10.6. The smallest absolute Gasteiger partial charge is 0.256 e. The largest absolute Gasteiger partial charge is 0.350 e. The van der Waals surface area contributed by atoms with Gasteiger partial charge in [-0.05, 0) is 35.7 Å². The van der Waals surface area contributed by atoms with Crippen LogP contribution in [0, 0.1) is 6.92 Å². The van der Waals surface area contributed by atoms with E-state index in [9.17, 15) is 0 Å². The number of rotatable bonds is 4. The van der Waals surface area contributed by atoms with Crippen molar-refractivity contribution in [2.75, 3.05) is 5.32 Å². The first-order valence-electron chi connectivity index (χ1n) is 6.42. The number of nitrogens with zero attached hydrogens (tertiary/aromatic N) is 5. The molecule has 0 unspecified atom stereocenters. The van der Waals surface area contributed by atoms with Crippen LogP contribution in [0.4, 0.5) is 5.95 Å². The van der Waals surface area contributed by atoms with Crippen molar-refractivity contribution in [2.45, 2.75) is 13.5 Å². The second-order valence-corrected chi connectivity index (χ2v) is 4.80. The highest BCUT2D eigenvalue weighted by molar-refractivity contribution is 6.28. The molecule has 0 bridgehead atoms. The number of anilines is 1. The first-order valence-corrected chi connectivity index (χ1v) is 6.80. The molecule has 0 saturated heterocycles. The van der Waals surface area contributed by atoms with Gasteiger partial charge >= 0.3 is 0 Å². The molecule has 21 heavy (non-hydrogen) atoms. The van der Waals surface area contributed by atoms with Gasteiger partial charge in [0.25, 0.3) is 5.95 Å². The molecule has 6 nitrogen and oxygen atoms in total. The summed E-state index contributed by atoms with van der Waals surface area (Å²) in [5, 5.41) is 7.36. The topological polar surface area (TPSA) is 68.5 Å². The summed E-state index contributed by atoms with van der Waals surface area (Å²) < 4.78 is 1.53. The quantitative estimate of drug-likeness (QED) is 0.802. The zero-order chi connectivity index (χ0) is 14.7. The first kappa shape index (κ1) is 13.5. The summed E-state index contributed by atoms with van der Waals surface area (Å²) in [4.78, 5) is 12.4. The van der Waals surface area contributed by atoms with Gasteiger partial charge in [0, 0.05) is 18.9 Å². The van der Waals surface area contributed by atoms with Crippen LogP contribution in [-0.2, 0) is 6.54 Å². The highest BCUT2D eigenvalue weighted by atomic mass is 35.5. The van der Waals surface area contributed by atoms with E-state index in [1.54, 1.807) is 18.5 Å². The third-order valence-electron chi connectivity index (χ3n) is 3.00. The number of aryl methyl sites for hydroxylation is 1. The van der Waals surface area contributed by atoms with E-state index < -0.39 is 0 Å². The Bertz CT molecular complexity index is 741. The van der Waals surface area contributed by atoms with Crippen LogP contribution in [0.5, 0.6) is 0 Å². The fraction of sp³-hybridized carbons (Fsp3) is 0.143. The Hall–Kier alpha value is -2.47. The van der Waals surface area contributed by atoms with E-state index in [1.807, 2.05) is 12.1 Å². The summed E-state index contributed by atoms with van der Waals surface area (Å²) in [5.41, 5.74) is 2.38. The van der Waals surface area contributed by atoms with Crippen LogP contribution in [0.3, 0.4) is 0 Å². The Morgan fingerprint density at radius 3 is 2.76 bits per heavy atom. The molecule has 1 aromatic carbocycles. The summed E-state index contributed by atoms with van der Waals surface area (Å²) in [7, 11) is 0. The third-order valence-corrected chi connectivity index (χ3v) is 3.17. The summed E-state index contributed by atoms with van der Waals surface area (Å²) in [6.45, 7) is 2.68. The summed E-state index contributed by atoms with van der Waals surface area (Å²) in [6.07, 6.45) is 3.40. The minimum atomic E-state index is 0.128. The Labute approximate surface area is 126 Å². The monoisotopic (exact) mass is 300 g/mol. The van der Waals surface area contributed by atoms with Crippen LogP contribution in [0.25, 0.3) is 5.95 Å². The maximum Gasteiger partial charge on any atom is 0.256 e. The number of nitrogens with one attached hydrogen (secondary N) is 1. The van der Waals surface area contributed by atoms with E-state index >= 15 is 0 Å². The van der Waals surface area contributed by atoms with Gasteiger partial charge in [-0.2, -0.15) is 20.1 Å². The second kappa shape index (κ2) is 5.88. The molecule has 0 amide bonds. The van der Waals surface area contributed by atoms with E-state index in [-0.39, 0.29) is 5.28 Å². The van der Waals surface area contributed by atoms with E-state index in [0.717, 1.165) is 0 Å². The lowest BCUT2D eigenvalue weighted by Crippen LogP contribution is -2.09. The maximum absolute atomic E-state index is 5.94. The molecule has 0 aliphatic heterocycles. The van der Waals surface area contributed by atoms with Gasteiger partial charge in [-0.15, -0.1) is 0 Å². The SMILES string of the molecule is Cc1ccccc1CNc1nc(Cl)nc(-n2cccn2)n1. The van der Waals surface area contributed by atoms with E-state index in [2.05, 4.69) is 44.4 Å². The highest BCUT2D eigenvalue weighted by Gasteiger charge is 2.07. The van der Waals surface area contributed by atoms with Gasteiger partial charge in [0.1, 0.15) is 0 Å². The molecular formula is C14H13ClN6. The molecule has 2 aromatic heterocycles. The summed E-state index contributed by atoms with van der Waals surface area (Å²) in [6, 6.07) is 9.91. The average molecular weight is 301 g/mol. The van der Waals surface area contributed by atoms with Crippen molar-refractivity contribution in [3.05, 3.63) is 59.1 Å². The maximum atomic E-state index is 5.94. The van der Waals surface area contributed by atoms with Crippen LogP contribution in [0.2, 0.25) is 5.28 Å². The van der Waals surface area contributed by atoms with Crippen LogP contribution < -0.4 is 5.32 Å². The molecule has 0 aliphatic rings. The molecule has 0 spiro atoms. The molecule has 0 atom stereocenters. The summed E-state index contributed by atoms with van der Waals surface area (Å²) in [5.74, 6) is 0.802. The zero-order valence-corrected chi connectivity index (χ0v) is 12.1. The van der Waals surface area contributed by atoms with Crippen molar-refractivity contribution < 1.29 is 0 Å². The molecule has 3 rings (SSSR count). The van der Waals surface area contributed by atoms with Gasteiger partial charge in [0.15, 0.2) is 0 Å². The lowest BCUT2D eigenvalue weighted by molar-refractivity contribution is 0.794. The van der Waals surface area contributed by atoms with Gasteiger partial charge in [-0.1, -0.05) is 24.3 Å². The standard InChI is InChI=1S/C14H13ClN6/c1-10-5-2-3-6-11(10)9-16-13-18-12(15)19-14(20-13)21-8-4-7-17-21/h2-8H,9H2,1H3,(H,16,18,19,20). The lowest BCUT2D eigenvalue weighted by Gasteiger charge is -2.08. The van der Waals surface area contributed by atoms with Gasteiger partial charge in [-0.25, -0.2) is 4.68 Å². The Morgan fingerprint density at radius 2 is 2.00 bits per heavy atom. The third kappa shape index (κ3) is 3.17. The van der Waals surface area contributed by atoms with Crippen LogP contribution in [0.1, 0.15) is 11.1 Å². The van der Waals surface area contributed by atoms with Crippen molar-refractivity contribution in [1.29, 1.82) is 0 Å². The molecule has 0 radical (unpaired) electrons. The van der Waals surface area contributed by atoms with Crippen molar-refractivity contribution in [3.8, 4) is 5.95 Å². The fourth-order valence-electron chi connectivity index (χ4n) is 1.89. The van der Waals surface area contributed by atoms with Gasteiger partial charge in [0.2, 0.25) is 11.2 Å². The van der Waals surface area contributed by atoms with Crippen molar-refractivity contribution in [3.63, 3.8) is 0 Å². The predicted octanol–water partition coefficient (Wildman–Crippen LogP) is 2.63. The predicted molar refractivity (Wildman–Crippen MR) is 80.5 cm³/mol.